The minimum absolute atomic E-state index is 0.409. The lowest BCUT2D eigenvalue weighted by molar-refractivity contribution is 0.222. The highest BCUT2D eigenvalue weighted by Gasteiger charge is 2.28. The number of hydrogen-bond acceptors (Lipinski definition) is 2. The van der Waals surface area contributed by atoms with E-state index in [9.17, 15) is 0 Å². The van der Waals surface area contributed by atoms with Crippen LogP contribution in [0.25, 0.3) is 11.4 Å². The average Bonchev–Trinajstić information content (AvgIpc) is 2.80. The summed E-state index contributed by atoms with van der Waals surface area (Å²) in [6, 6.07) is 10.6. The van der Waals surface area contributed by atoms with E-state index in [0.29, 0.717) is 11.3 Å². The van der Waals surface area contributed by atoms with E-state index in [4.69, 9.17) is 11.6 Å². The highest BCUT2D eigenvalue weighted by Crippen LogP contribution is 2.39. The maximum Gasteiger partial charge on any atom is 0.225 e. The summed E-state index contributed by atoms with van der Waals surface area (Å²) in [5, 5.41) is 8.90. The van der Waals surface area contributed by atoms with Gasteiger partial charge >= 0.3 is 0 Å². The molecule has 0 aliphatic heterocycles. The molecular weight excluding hydrogens is 270 g/mol. The van der Waals surface area contributed by atoms with Crippen molar-refractivity contribution in [3.63, 3.8) is 0 Å². The molecule has 1 aromatic heterocycles. The van der Waals surface area contributed by atoms with Gasteiger partial charge in [-0.1, -0.05) is 44.2 Å². The third kappa shape index (κ3) is 2.59. The monoisotopic (exact) mass is 289 g/mol. The molecule has 3 rings (SSSR count). The van der Waals surface area contributed by atoms with Crippen molar-refractivity contribution in [2.45, 2.75) is 39.2 Å². The largest absolute Gasteiger partial charge is 0.295 e. The van der Waals surface area contributed by atoms with Crippen molar-refractivity contribution in [2.75, 3.05) is 0 Å². The molecule has 1 heterocycles. The van der Waals surface area contributed by atoms with E-state index in [1.807, 2.05) is 18.2 Å². The minimum atomic E-state index is 0.409. The Kier molecular flexibility index (Phi) is 3.79. The zero-order valence-electron chi connectivity index (χ0n) is 12.0. The number of benzene rings is 1. The molecule has 4 heteroatoms. The van der Waals surface area contributed by atoms with Crippen LogP contribution in [0.15, 0.2) is 30.3 Å². The molecule has 106 valence electrons. The van der Waals surface area contributed by atoms with Gasteiger partial charge in [-0.2, -0.15) is 0 Å². The number of rotatable bonds is 2. The Morgan fingerprint density at radius 2 is 1.65 bits per heavy atom. The van der Waals surface area contributed by atoms with Crippen LogP contribution < -0.4 is 0 Å². The molecule has 2 unspecified atom stereocenters. The van der Waals surface area contributed by atoms with Crippen molar-refractivity contribution in [1.82, 2.24) is 14.8 Å². The van der Waals surface area contributed by atoms with Crippen molar-refractivity contribution in [3.8, 4) is 11.4 Å². The zero-order valence-corrected chi connectivity index (χ0v) is 12.7. The quantitative estimate of drug-likeness (QED) is 0.809. The molecule has 0 amide bonds. The molecule has 0 bridgehead atoms. The lowest BCUT2D eigenvalue weighted by Gasteiger charge is -2.33. The van der Waals surface area contributed by atoms with Gasteiger partial charge in [-0.3, -0.25) is 4.57 Å². The number of aromatic nitrogens is 3. The normalized spacial score (nSPS) is 26.6. The Bertz CT molecular complexity index is 569. The summed E-state index contributed by atoms with van der Waals surface area (Å²) in [6.07, 6.45) is 3.61. The molecule has 20 heavy (non-hydrogen) atoms. The highest BCUT2D eigenvalue weighted by molar-refractivity contribution is 6.28. The van der Waals surface area contributed by atoms with Crippen molar-refractivity contribution >= 4 is 11.6 Å². The first-order valence-electron chi connectivity index (χ1n) is 7.31. The molecule has 1 aliphatic rings. The van der Waals surface area contributed by atoms with Crippen LogP contribution in [-0.4, -0.2) is 14.8 Å². The molecule has 1 aromatic carbocycles. The van der Waals surface area contributed by atoms with Crippen molar-refractivity contribution < 1.29 is 0 Å². The van der Waals surface area contributed by atoms with Gasteiger partial charge in [0, 0.05) is 11.6 Å². The first-order valence-corrected chi connectivity index (χ1v) is 7.68. The van der Waals surface area contributed by atoms with Gasteiger partial charge in [0.2, 0.25) is 5.28 Å². The fraction of sp³-hybridized carbons (Fsp3) is 0.500. The zero-order chi connectivity index (χ0) is 14.1. The standard InChI is InChI=1S/C16H20ClN3/c1-11-8-12(2)10-14(9-11)20-15(18-19-16(20)17)13-6-4-3-5-7-13/h3-7,11-12,14H,8-10H2,1-2H3. The van der Waals surface area contributed by atoms with Gasteiger partial charge in [0.25, 0.3) is 0 Å². The van der Waals surface area contributed by atoms with Crippen molar-refractivity contribution in [3.05, 3.63) is 35.6 Å². The van der Waals surface area contributed by atoms with Crippen LogP contribution in [0.4, 0.5) is 0 Å². The lowest BCUT2D eigenvalue weighted by atomic mass is 9.80. The number of nitrogens with zero attached hydrogens (tertiary/aromatic N) is 3. The second kappa shape index (κ2) is 5.57. The predicted octanol–water partition coefficient (Wildman–Crippen LogP) is 4.60. The SMILES string of the molecule is CC1CC(C)CC(n2c(Cl)nnc2-c2ccccc2)C1. The van der Waals surface area contributed by atoms with Crippen LogP contribution in [0.2, 0.25) is 5.28 Å². The van der Waals surface area contributed by atoms with Crippen LogP contribution in [0.5, 0.6) is 0 Å². The van der Waals surface area contributed by atoms with E-state index in [1.54, 1.807) is 0 Å². The fourth-order valence-electron chi connectivity index (χ4n) is 3.50. The molecule has 0 spiro atoms. The van der Waals surface area contributed by atoms with Crippen LogP contribution in [0.1, 0.15) is 39.2 Å². The van der Waals surface area contributed by atoms with Gasteiger partial charge < -0.3 is 0 Å². The van der Waals surface area contributed by atoms with Crippen molar-refractivity contribution in [1.29, 1.82) is 0 Å². The smallest absolute Gasteiger partial charge is 0.225 e. The predicted molar refractivity (Wildman–Crippen MR) is 81.7 cm³/mol. The van der Waals surface area contributed by atoms with Crippen molar-refractivity contribution in [2.24, 2.45) is 11.8 Å². The maximum atomic E-state index is 6.31. The van der Waals surface area contributed by atoms with Crippen LogP contribution in [-0.2, 0) is 0 Å². The third-order valence-corrected chi connectivity index (χ3v) is 4.46. The van der Waals surface area contributed by atoms with Gasteiger partial charge in [-0.25, -0.2) is 0 Å². The maximum absolute atomic E-state index is 6.31. The first kappa shape index (κ1) is 13.6. The molecule has 1 aliphatic carbocycles. The van der Waals surface area contributed by atoms with E-state index in [0.717, 1.165) is 36.1 Å². The molecule has 1 fully saturated rings. The first-order chi connectivity index (χ1) is 9.65. The van der Waals surface area contributed by atoms with Crippen LogP contribution >= 0.6 is 11.6 Å². The van der Waals surface area contributed by atoms with Gasteiger partial charge in [0.1, 0.15) is 0 Å². The summed E-state index contributed by atoms with van der Waals surface area (Å²) in [4.78, 5) is 0. The van der Waals surface area contributed by atoms with Gasteiger partial charge in [0.05, 0.1) is 0 Å². The fourth-order valence-corrected chi connectivity index (χ4v) is 3.75. The van der Waals surface area contributed by atoms with E-state index >= 15 is 0 Å². The summed E-state index contributed by atoms with van der Waals surface area (Å²) in [5.74, 6) is 2.35. The minimum Gasteiger partial charge on any atom is -0.295 e. The summed E-state index contributed by atoms with van der Waals surface area (Å²) in [7, 11) is 0. The number of halogens is 1. The van der Waals surface area contributed by atoms with Gasteiger partial charge in [-0.15, -0.1) is 10.2 Å². The Balaban J connectivity index is 1.99. The van der Waals surface area contributed by atoms with E-state index in [1.165, 1.54) is 6.42 Å². The summed E-state index contributed by atoms with van der Waals surface area (Å²) in [5.41, 5.74) is 1.08. The Labute approximate surface area is 125 Å². The highest BCUT2D eigenvalue weighted by atomic mass is 35.5. The van der Waals surface area contributed by atoms with E-state index in [2.05, 4.69) is 40.7 Å². The second-order valence-electron chi connectivity index (χ2n) is 6.10. The van der Waals surface area contributed by atoms with Gasteiger partial charge in [-0.05, 0) is 42.7 Å². The Morgan fingerprint density at radius 1 is 1.00 bits per heavy atom. The Hall–Kier alpha value is -1.35. The Morgan fingerprint density at radius 3 is 2.30 bits per heavy atom. The summed E-state index contributed by atoms with van der Waals surface area (Å²) >= 11 is 6.31. The summed E-state index contributed by atoms with van der Waals surface area (Å²) in [6.45, 7) is 4.65. The molecule has 3 nitrogen and oxygen atoms in total. The molecule has 2 aromatic rings. The third-order valence-electron chi connectivity index (χ3n) is 4.20. The van der Waals surface area contributed by atoms with E-state index < -0.39 is 0 Å². The topological polar surface area (TPSA) is 30.7 Å². The van der Waals surface area contributed by atoms with Crippen LogP contribution in [0, 0.1) is 11.8 Å². The van der Waals surface area contributed by atoms with Gasteiger partial charge in [0.15, 0.2) is 5.82 Å². The molecule has 1 saturated carbocycles. The summed E-state index contributed by atoms with van der Waals surface area (Å²) < 4.78 is 2.13. The van der Waals surface area contributed by atoms with Crippen LogP contribution in [0.3, 0.4) is 0 Å². The number of hydrogen-bond donors (Lipinski definition) is 0. The van der Waals surface area contributed by atoms with E-state index in [-0.39, 0.29) is 0 Å². The molecule has 0 N–H and O–H groups in total. The molecular formula is C16H20ClN3. The second-order valence-corrected chi connectivity index (χ2v) is 6.44. The lowest BCUT2D eigenvalue weighted by Crippen LogP contribution is -2.23. The molecule has 0 radical (unpaired) electrons. The molecule has 0 saturated heterocycles. The molecule has 2 atom stereocenters. The average molecular weight is 290 g/mol.